The average molecular weight is 391 g/mol. The summed E-state index contributed by atoms with van der Waals surface area (Å²) in [6.45, 7) is 2.36. The molecule has 0 bridgehead atoms. The molecule has 1 aromatic rings. The van der Waals surface area contributed by atoms with Gasteiger partial charge < -0.3 is 9.80 Å². The summed E-state index contributed by atoms with van der Waals surface area (Å²) < 4.78 is 61.5. The third kappa shape index (κ3) is 4.56. The van der Waals surface area contributed by atoms with Crippen molar-refractivity contribution in [1.29, 1.82) is 0 Å². The molecule has 2 saturated heterocycles. The Morgan fingerprint density at radius 2 is 1.92 bits per heavy atom. The maximum atomic E-state index is 12.8. The molecular formula is C17H22F3N2O3S+. The molecule has 2 aliphatic heterocycles. The number of nitrogens with one attached hydrogen (secondary N) is 1. The van der Waals surface area contributed by atoms with Crippen LogP contribution in [0.4, 0.5) is 13.2 Å². The molecule has 3 rings (SSSR count). The van der Waals surface area contributed by atoms with Gasteiger partial charge in [-0.05, 0) is 11.6 Å². The summed E-state index contributed by atoms with van der Waals surface area (Å²) >= 11 is 0. The summed E-state index contributed by atoms with van der Waals surface area (Å²) in [4.78, 5) is 15.3. The number of carbonyl (C=O) groups excluding carboxylic acids is 1. The van der Waals surface area contributed by atoms with Gasteiger partial charge in [0.25, 0.3) is 0 Å². The Kier molecular flexibility index (Phi) is 5.30. The monoisotopic (exact) mass is 391 g/mol. The van der Waals surface area contributed by atoms with E-state index in [0.29, 0.717) is 38.2 Å². The molecule has 2 fully saturated rings. The number of carbonyl (C=O) groups is 1. The van der Waals surface area contributed by atoms with E-state index in [1.807, 2.05) is 0 Å². The van der Waals surface area contributed by atoms with Crippen molar-refractivity contribution in [2.24, 2.45) is 0 Å². The van der Waals surface area contributed by atoms with E-state index in [2.05, 4.69) is 0 Å². The van der Waals surface area contributed by atoms with Crippen LogP contribution in [-0.2, 0) is 27.2 Å². The molecule has 0 saturated carbocycles. The molecule has 26 heavy (non-hydrogen) atoms. The van der Waals surface area contributed by atoms with E-state index in [9.17, 15) is 26.4 Å². The van der Waals surface area contributed by atoms with Gasteiger partial charge in [0.1, 0.15) is 11.8 Å². The molecule has 1 atom stereocenters. The van der Waals surface area contributed by atoms with Crippen LogP contribution in [0.5, 0.6) is 0 Å². The second kappa shape index (κ2) is 7.19. The predicted molar refractivity (Wildman–Crippen MR) is 89.5 cm³/mol. The standard InChI is InChI=1S/C17H21F3N2O3S/c18-17(19,20)14-3-1-2-13(10-14)11-16(23)22-7-5-21(6-8-22)15-4-9-26(24,25)12-15/h1-3,10,15H,4-9,11-12H2/p+1/t15-/m0/s1. The summed E-state index contributed by atoms with van der Waals surface area (Å²) in [6.07, 6.45) is -3.82. The van der Waals surface area contributed by atoms with Gasteiger partial charge in [-0.1, -0.05) is 18.2 Å². The highest BCUT2D eigenvalue weighted by atomic mass is 32.2. The fraction of sp³-hybridized carbons (Fsp3) is 0.588. The van der Waals surface area contributed by atoms with Gasteiger partial charge in [-0.25, -0.2) is 8.42 Å². The van der Waals surface area contributed by atoms with E-state index < -0.39 is 21.6 Å². The van der Waals surface area contributed by atoms with Crippen LogP contribution in [0.2, 0.25) is 0 Å². The lowest BCUT2D eigenvalue weighted by Crippen LogP contribution is -3.18. The third-order valence-corrected chi connectivity index (χ3v) is 6.95. The van der Waals surface area contributed by atoms with Crippen LogP contribution in [0, 0.1) is 0 Å². The molecule has 5 nitrogen and oxygen atoms in total. The van der Waals surface area contributed by atoms with E-state index >= 15 is 0 Å². The molecular weight excluding hydrogens is 369 g/mol. The number of rotatable bonds is 3. The first kappa shape index (κ1) is 19.2. The topological polar surface area (TPSA) is 58.9 Å². The zero-order chi connectivity index (χ0) is 18.9. The van der Waals surface area contributed by atoms with Crippen LogP contribution in [0.3, 0.4) is 0 Å². The number of nitrogens with zero attached hydrogens (tertiary/aromatic N) is 1. The van der Waals surface area contributed by atoms with E-state index in [1.165, 1.54) is 17.0 Å². The Hall–Kier alpha value is -1.61. The number of alkyl halides is 3. The summed E-state index contributed by atoms with van der Waals surface area (Å²) in [5.74, 6) is 0.252. The Labute approximate surface area is 150 Å². The van der Waals surface area contributed by atoms with E-state index in [0.717, 1.165) is 12.1 Å². The normalized spacial score (nSPS) is 24.0. The molecule has 2 aliphatic rings. The lowest BCUT2D eigenvalue weighted by atomic mass is 10.1. The van der Waals surface area contributed by atoms with Crippen LogP contribution >= 0.6 is 0 Å². The van der Waals surface area contributed by atoms with Crippen molar-refractivity contribution in [2.45, 2.75) is 25.1 Å². The molecule has 0 radical (unpaired) electrons. The largest absolute Gasteiger partial charge is 0.416 e. The maximum Gasteiger partial charge on any atom is 0.416 e. The predicted octanol–water partition coefficient (Wildman–Crippen LogP) is 0.162. The first-order valence-electron chi connectivity index (χ1n) is 8.63. The number of quaternary nitrogens is 1. The third-order valence-electron chi connectivity index (χ3n) is 5.18. The molecule has 1 aromatic carbocycles. The fourth-order valence-electron chi connectivity index (χ4n) is 3.71. The number of piperazine rings is 1. The van der Waals surface area contributed by atoms with E-state index in [1.54, 1.807) is 4.90 Å². The van der Waals surface area contributed by atoms with Gasteiger partial charge in [-0.3, -0.25) is 4.79 Å². The van der Waals surface area contributed by atoms with Crippen molar-refractivity contribution in [3.05, 3.63) is 35.4 Å². The number of sulfone groups is 1. The molecule has 1 N–H and O–H groups in total. The van der Waals surface area contributed by atoms with Gasteiger partial charge in [0.2, 0.25) is 5.91 Å². The maximum absolute atomic E-state index is 12.8. The van der Waals surface area contributed by atoms with Gasteiger partial charge in [0, 0.05) is 6.42 Å². The van der Waals surface area contributed by atoms with Gasteiger partial charge in [-0.15, -0.1) is 0 Å². The second-order valence-electron chi connectivity index (χ2n) is 7.01. The van der Waals surface area contributed by atoms with Crippen molar-refractivity contribution in [3.63, 3.8) is 0 Å². The Morgan fingerprint density at radius 1 is 1.23 bits per heavy atom. The first-order valence-corrected chi connectivity index (χ1v) is 10.4. The number of halogens is 3. The lowest BCUT2D eigenvalue weighted by molar-refractivity contribution is -0.925. The van der Waals surface area contributed by atoms with Gasteiger partial charge in [-0.2, -0.15) is 13.2 Å². The van der Waals surface area contributed by atoms with E-state index in [4.69, 9.17) is 0 Å². The lowest BCUT2D eigenvalue weighted by Gasteiger charge is -2.35. The number of amides is 1. The average Bonchev–Trinajstić information content (AvgIpc) is 2.94. The summed E-state index contributed by atoms with van der Waals surface area (Å²) in [7, 11) is -2.92. The SMILES string of the molecule is O=C(Cc1cccc(C(F)(F)F)c1)N1CC[NH+]([C@H]2CCS(=O)(=O)C2)CC1. The second-order valence-corrected chi connectivity index (χ2v) is 9.24. The fourth-order valence-corrected chi connectivity index (χ4v) is 5.54. The van der Waals surface area contributed by atoms with Crippen LogP contribution in [0.25, 0.3) is 0 Å². The Morgan fingerprint density at radius 3 is 2.50 bits per heavy atom. The van der Waals surface area contributed by atoms with Crippen molar-refractivity contribution in [1.82, 2.24) is 4.90 Å². The molecule has 144 valence electrons. The number of hydrogen-bond donors (Lipinski definition) is 1. The zero-order valence-corrected chi connectivity index (χ0v) is 15.1. The first-order chi connectivity index (χ1) is 12.1. The molecule has 9 heteroatoms. The number of hydrogen-bond acceptors (Lipinski definition) is 3. The molecule has 0 spiro atoms. The summed E-state index contributed by atoms with van der Waals surface area (Å²) in [6, 6.07) is 4.95. The molecule has 0 aromatic heterocycles. The highest BCUT2D eigenvalue weighted by Crippen LogP contribution is 2.29. The van der Waals surface area contributed by atoms with Crippen LogP contribution in [-0.4, -0.2) is 63.0 Å². The van der Waals surface area contributed by atoms with Gasteiger partial charge in [0.15, 0.2) is 9.84 Å². The van der Waals surface area contributed by atoms with Crippen molar-refractivity contribution < 1.29 is 31.3 Å². The molecule has 2 heterocycles. The van der Waals surface area contributed by atoms with Crippen LogP contribution in [0.15, 0.2) is 24.3 Å². The Bertz CT molecular complexity index is 772. The van der Waals surface area contributed by atoms with Crippen LogP contribution < -0.4 is 4.90 Å². The van der Waals surface area contributed by atoms with Crippen molar-refractivity contribution in [3.8, 4) is 0 Å². The molecule has 0 unspecified atom stereocenters. The molecule has 0 aliphatic carbocycles. The van der Waals surface area contributed by atoms with E-state index in [-0.39, 0.29) is 29.9 Å². The van der Waals surface area contributed by atoms with Crippen molar-refractivity contribution >= 4 is 15.7 Å². The minimum atomic E-state index is -4.42. The van der Waals surface area contributed by atoms with Gasteiger partial charge in [0.05, 0.1) is 43.9 Å². The zero-order valence-electron chi connectivity index (χ0n) is 14.3. The van der Waals surface area contributed by atoms with Crippen LogP contribution in [0.1, 0.15) is 17.5 Å². The van der Waals surface area contributed by atoms with Gasteiger partial charge >= 0.3 is 6.18 Å². The quantitative estimate of drug-likeness (QED) is 0.799. The minimum Gasteiger partial charge on any atom is -0.331 e. The number of benzene rings is 1. The molecule has 1 amide bonds. The van der Waals surface area contributed by atoms with Crippen molar-refractivity contribution in [2.75, 3.05) is 37.7 Å². The highest BCUT2D eigenvalue weighted by Gasteiger charge is 2.37. The minimum absolute atomic E-state index is 0.0585. The smallest absolute Gasteiger partial charge is 0.331 e. The summed E-state index contributed by atoms with van der Waals surface area (Å²) in [5.41, 5.74) is -0.402. The summed E-state index contributed by atoms with van der Waals surface area (Å²) in [5, 5.41) is 0. The Balaban J connectivity index is 1.54. The highest BCUT2D eigenvalue weighted by molar-refractivity contribution is 7.91.